The maximum absolute atomic E-state index is 12.5. The molecule has 2 aromatic carbocycles. The van der Waals surface area contributed by atoms with Gasteiger partial charge in [0.15, 0.2) is 0 Å². The second kappa shape index (κ2) is 7.92. The molecule has 0 spiro atoms. The van der Waals surface area contributed by atoms with Crippen LogP contribution in [0.1, 0.15) is 21.6 Å². The Kier molecular flexibility index (Phi) is 5.23. The molecule has 0 unspecified atom stereocenters. The molecule has 1 amide bonds. The standard InChI is InChI=1S/C19H13N5O4/c20-11-14-10-15(24(27)28)6-7-16(14)21-19(26)17-8-9-18(25)23(22-17)12-13-4-2-1-3-5-13/h1-10H,12H2,(H,21,26). The quantitative estimate of drug-likeness (QED) is 0.538. The maximum atomic E-state index is 12.5. The number of aromatic nitrogens is 2. The molecular formula is C19H13N5O4. The van der Waals surface area contributed by atoms with E-state index in [1.807, 2.05) is 30.3 Å². The predicted molar refractivity (Wildman–Crippen MR) is 99.8 cm³/mol. The lowest BCUT2D eigenvalue weighted by molar-refractivity contribution is -0.384. The summed E-state index contributed by atoms with van der Waals surface area (Å²) in [5.74, 6) is -0.646. The van der Waals surface area contributed by atoms with Crippen molar-refractivity contribution in [1.29, 1.82) is 5.26 Å². The molecule has 1 heterocycles. The number of non-ortho nitro benzene ring substituents is 1. The van der Waals surface area contributed by atoms with E-state index in [-0.39, 0.29) is 34.7 Å². The lowest BCUT2D eigenvalue weighted by atomic mass is 10.1. The fraction of sp³-hybridized carbons (Fsp3) is 0.0526. The van der Waals surface area contributed by atoms with Crippen LogP contribution in [0.2, 0.25) is 0 Å². The summed E-state index contributed by atoms with van der Waals surface area (Å²) in [6, 6.07) is 17.0. The predicted octanol–water partition coefficient (Wildman–Crippen LogP) is 2.32. The number of rotatable bonds is 5. The van der Waals surface area contributed by atoms with Crippen molar-refractivity contribution in [2.24, 2.45) is 0 Å². The summed E-state index contributed by atoms with van der Waals surface area (Å²) in [5, 5.41) is 26.5. The zero-order valence-corrected chi connectivity index (χ0v) is 14.4. The third-order valence-corrected chi connectivity index (χ3v) is 3.86. The largest absolute Gasteiger partial charge is 0.319 e. The summed E-state index contributed by atoms with van der Waals surface area (Å²) in [6.45, 7) is 0.196. The van der Waals surface area contributed by atoms with E-state index in [0.717, 1.165) is 16.3 Å². The number of nitrogens with zero attached hydrogens (tertiary/aromatic N) is 4. The van der Waals surface area contributed by atoms with Gasteiger partial charge in [-0.2, -0.15) is 10.4 Å². The molecule has 0 saturated heterocycles. The molecule has 28 heavy (non-hydrogen) atoms. The van der Waals surface area contributed by atoms with Gasteiger partial charge in [-0.3, -0.25) is 19.7 Å². The van der Waals surface area contributed by atoms with Gasteiger partial charge >= 0.3 is 0 Å². The summed E-state index contributed by atoms with van der Waals surface area (Å²) >= 11 is 0. The number of anilines is 1. The monoisotopic (exact) mass is 375 g/mol. The molecule has 0 aliphatic rings. The SMILES string of the molecule is N#Cc1cc([N+](=O)[O-])ccc1NC(=O)c1ccc(=O)n(Cc2ccccc2)n1. The second-order valence-electron chi connectivity index (χ2n) is 5.75. The lowest BCUT2D eigenvalue weighted by Gasteiger charge is -2.09. The van der Waals surface area contributed by atoms with Crippen molar-refractivity contribution in [3.05, 3.63) is 98.0 Å². The molecule has 138 valence electrons. The number of nitro groups is 1. The molecule has 0 aliphatic carbocycles. The van der Waals surface area contributed by atoms with E-state index in [9.17, 15) is 19.7 Å². The van der Waals surface area contributed by atoms with E-state index in [4.69, 9.17) is 5.26 Å². The third kappa shape index (κ3) is 4.08. The van der Waals surface area contributed by atoms with Gasteiger partial charge in [-0.15, -0.1) is 0 Å². The molecule has 1 aromatic heterocycles. The minimum atomic E-state index is -0.646. The molecule has 3 rings (SSSR count). The van der Waals surface area contributed by atoms with Crippen LogP contribution in [0.4, 0.5) is 11.4 Å². The first-order chi connectivity index (χ1) is 13.5. The molecule has 3 aromatic rings. The van der Waals surface area contributed by atoms with E-state index in [1.54, 1.807) is 6.07 Å². The Balaban J connectivity index is 1.86. The molecular weight excluding hydrogens is 362 g/mol. The Hall–Kier alpha value is -4.32. The van der Waals surface area contributed by atoms with Crippen LogP contribution in [-0.2, 0) is 6.54 Å². The molecule has 0 aliphatic heterocycles. The zero-order valence-electron chi connectivity index (χ0n) is 14.4. The Bertz CT molecular complexity index is 1150. The second-order valence-corrected chi connectivity index (χ2v) is 5.75. The number of benzene rings is 2. The van der Waals surface area contributed by atoms with Crippen LogP contribution in [0.5, 0.6) is 0 Å². The van der Waals surface area contributed by atoms with Crippen LogP contribution in [0, 0.1) is 21.4 Å². The van der Waals surface area contributed by atoms with Crippen LogP contribution in [0.25, 0.3) is 0 Å². The number of amides is 1. The van der Waals surface area contributed by atoms with E-state index < -0.39 is 10.8 Å². The first kappa shape index (κ1) is 18.5. The molecule has 0 radical (unpaired) electrons. The topological polar surface area (TPSA) is 131 Å². The van der Waals surface area contributed by atoms with Gasteiger partial charge in [-0.05, 0) is 17.7 Å². The van der Waals surface area contributed by atoms with Crippen molar-refractivity contribution in [3.8, 4) is 6.07 Å². The molecule has 0 atom stereocenters. The Morgan fingerprint density at radius 2 is 1.93 bits per heavy atom. The number of nitrogens with one attached hydrogen (secondary N) is 1. The highest BCUT2D eigenvalue weighted by molar-refractivity contribution is 6.03. The van der Waals surface area contributed by atoms with Crippen molar-refractivity contribution in [3.63, 3.8) is 0 Å². The van der Waals surface area contributed by atoms with E-state index in [0.29, 0.717) is 0 Å². The summed E-state index contributed by atoms with van der Waals surface area (Å²) in [6.07, 6.45) is 0. The van der Waals surface area contributed by atoms with Gasteiger partial charge < -0.3 is 5.32 Å². The van der Waals surface area contributed by atoms with Crippen molar-refractivity contribution >= 4 is 17.3 Å². The number of nitro benzene ring substituents is 1. The first-order valence-corrected chi connectivity index (χ1v) is 8.10. The van der Waals surface area contributed by atoms with Crippen LogP contribution in [0.3, 0.4) is 0 Å². The summed E-state index contributed by atoms with van der Waals surface area (Å²) < 4.78 is 1.16. The lowest BCUT2D eigenvalue weighted by Crippen LogP contribution is -2.26. The van der Waals surface area contributed by atoms with Gasteiger partial charge in [0.1, 0.15) is 11.8 Å². The number of carbonyl (C=O) groups is 1. The average molecular weight is 375 g/mol. The van der Waals surface area contributed by atoms with Crippen molar-refractivity contribution < 1.29 is 9.72 Å². The minimum absolute atomic E-state index is 0.0298. The molecule has 0 saturated carbocycles. The van der Waals surface area contributed by atoms with E-state index >= 15 is 0 Å². The van der Waals surface area contributed by atoms with Gasteiger partial charge in [0.05, 0.1) is 22.7 Å². The minimum Gasteiger partial charge on any atom is -0.319 e. The van der Waals surface area contributed by atoms with Crippen LogP contribution >= 0.6 is 0 Å². The maximum Gasteiger partial charge on any atom is 0.276 e. The number of hydrogen-bond donors (Lipinski definition) is 1. The number of hydrogen-bond acceptors (Lipinski definition) is 6. The fourth-order valence-corrected chi connectivity index (χ4v) is 2.47. The van der Waals surface area contributed by atoms with Crippen LogP contribution in [0.15, 0.2) is 65.5 Å². The summed E-state index contributed by atoms with van der Waals surface area (Å²) in [7, 11) is 0. The van der Waals surface area contributed by atoms with E-state index in [2.05, 4.69) is 10.4 Å². The van der Waals surface area contributed by atoms with Gasteiger partial charge in [0.25, 0.3) is 17.2 Å². The fourth-order valence-electron chi connectivity index (χ4n) is 2.47. The van der Waals surface area contributed by atoms with Gasteiger partial charge in [-0.1, -0.05) is 30.3 Å². The van der Waals surface area contributed by atoms with Crippen molar-refractivity contribution in [1.82, 2.24) is 9.78 Å². The number of nitriles is 1. The van der Waals surface area contributed by atoms with Crippen molar-refractivity contribution in [2.45, 2.75) is 6.54 Å². The highest BCUT2D eigenvalue weighted by Crippen LogP contribution is 2.21. The zero-order chi connectivity index (χ0) is 20.1. The van der Waals surface area contributed by atoms with Gasteiger partial charge in [0.2, 0.25) is 0 Å². The highest BCUT2D eigenvalue weighted by Gasteiger charge is 2.15. The normalized spacial score (nSPS) is 10.1. The van der Waals surface area contributed by atoms with E-state index in [1.165, 1.54) is 24.3 Å². The molecule has 9 nitrogen and oxygen atoms in total. The summed E-state index contributed by atoms with van der Waals surface area (Å²) in [5.41, 5.74) is 0.243. The molecule has 9 heteroatoms. The van der Waals surface area contributed by atoms with Crippen LogP contribution in [-0.4, -0.2) is 20.6 Å². The van der Waals surface area contributed by atoms with Crippen LogP contribution < -0.4 is 10.9 Å². The Labute approximate surface area is 158 Å². The third-order valence-electron chi connectivity index (χ3n) is 3.86. The average Bonchev–Trinajstić information content (AvgIpc) is 2.70. The first-order valence-electron chi connectivity index (χ1n) is 8.10. The highest BCUT2D eigenvalue weighted by atomic mass is 16.6. The summed E-state index contributed by atoms with van der Waals surface area (Å²) in [4.78, 5) is 34.7. The molecule has 0 fully saturated rings. The van der Waals surface area contributed by atoms with Crippen molar-refractivity contribution in [2.75, 3.05) is 5.32 Å². The Morgan fingerprint density at radius 1 is 1.18 bits per heavy atom. The smallest absolute Gasteiger partial charge is 0.276 e. The van der Waals surface area contributed by atoms with Gasteiger partial charge in [-0.25, -0.2) is 4.68 Å². The number of carbonyl (C=O) groups excluding carboxylic acids is 1. The van der Waals surface area contributed by atoms with Gasteiger partial charge in [0, 0.05) is 18.2 Å². The molecule has 0 bridgehead atoms. The molecule has 1 N–H and O–H groups in total. The Morgan fingerprint density at radius 3 is 2.61 bits per heavy atom.